The normalized spacial score (nSPS) is 22.6. The van der Waals surface area contributed by atoms with Crippen LogP contribution in [0.5, 0.6) is 5.75 Å². The highest BCUT2D eigenvalue weighted by Gasteiger charge is 2.22. The van der Waals surface area contributed by atoms with Gasteiger partial charge >= 0.3 is 0 Å². The van der Waals surface area contributed by atoms with E-state index in [1.165, 1.54) is 0 Å². The zero-order valence-electron chi connectivity index (χ0n) is 12.2. The monoisotopic (exact) mass is 279 g/mol. The van der Waals surface area contributed by atoms with Crippen molar-refractivity contribution in [2.45, 2.75) is 44.8 Å². The number of benzene rings is 1. The van der Waals surface area contributed by atoms with Crippen LogP contribution in [0.3, 0.4) is 0 Å². The van der Waals surface area contributed by atoms with E-state index in [4.69, 9.17) is 19.9 Å². The van der Waals surface area contributed by atoms with Gasteiger partial charge in [0, 0.05) is 12.3 Å². The minimum Gasteiger partial charge on any atom is -0.490 e. The van der Waals surface area contributed by atoms with Gasteiger partial charge in [0.2, 0.25) is 0 Å². The Balaban J connectivity index is 1.65. The van der Waals surface area contributed by atoms with Crippen molar-refractivity contribution in [1.29, 1.82) is 0 Å². The third-order valence-corrected chi connectivity index (χ3v) is 3.59. The lowest BCUT2D eigenvalue weighted by Gasteiger charge is -2.29. The number of hydrogen-bond donors (Lipinski definition) is 1. The van der Waals surface area contributed by atoms with Crippen LogP contribution in [0.2, 0.25) is 0 Å². The number of anilines is 1. The summed E-state index contributed by atoms with van der Waals surface area (Å²) in [6, 6.07) is 7.61. The maximum absolute atomic E-state index is 5.97. The van der Waals surface area contributed by atoms with Crippen LogP contribution in [0.15, 0.2) is 24.3 Å². The first-order chi connectivity index (χ1) is 9.78. The van der Waals surface area contributed by atoms with Gasteiger partial charge in [0.05, 0.1) is 25.4 Å². The van der Waals surface area contributed by atoms with E-state index in [1.807, 2.05) is 31.2 Å². The van der Waals surface area contributed by atoms with Gasteiger partial charge in [-0.2, -0.15) is 0 Å². The Morgan fingerprint density at radius 3 is 2.30 bits per heavy atom. The van der Waals surface area contributed by atoms with E-state index in [0.717, 1.165) is 43.7 Å². The van der Waals surface area contributed by atoms with E-state index in [-0.39, 0.29) is 0 Å². The van der Waals surface area contributed by atoms with E-state index in [1.54, 1.807) is 0 Å². The summed E-state index contributed by atoms with van der Waals surface area (Å²) in [5.41, 5.74) is 6.43. The summed E-state index contributed by atoms with van der Waals surface area (Å²) in [5, 5.41) is 0. The fourth-order valence-corrected chi connectivity index (χ4v) is 2.47. The minimum absolute atomic E-state index is 0.297. The summed E-state index contributed by atoms with van der Waals surface area (Å²) in [6.07, 6.45) is 4.87. The van der Waals surface area contributed by atoms with E-state index < -0.39 is 0 Å². The Morgan fingerprint density at radius 1 is 1.00 bits per heavy atom. The fourth-order valence-electron chi connectivity index (χ4n) is 2.47. The molecule has 0 aromatic heterocycles. The predicted molar refractivity (Wildman–Crippen MR) is 80.0 cm³/mol. The first-order valence-electron chi connectivity index (χ1n) is 7.49. The van der Waals surface area contributed by atoms with Crippen molar-refractivity contribution in [3.63, 3.8) is 0 Å². The lowest BCUT2D eigenvalue weighted by atomic mass is 9.95. The Hall–Kier alpha value is -1.26. The van der Waals surface area contributed by atoms with Crippen LogP contribution in [0, 0.1) is 0 Å². The molecule has 4 nitrogen and oxygen atoms in total. The number of ether oxygens (including phenoxy) is 3. The van der Waals surface area contributed by atoms with E-state index in [2.05, 4.69) is 0 Å². The molecule has 0 unspecified atom stereocenters. The Morgan fingerprint density at radius 2 is 1.65 bits per heavy atom. The van der Waals surface area contributed by atoms with Crippen LogP contribution in [0.25, 0.3) is 0 Å². The molecule has 1 aromatic carbocycles. The van der Waals surface area contributed by atoms with Crippen LogP contribution >= 0.6 is 0 Å². The highest BCUT2D eigenvalue weighted by molar-refractivity contribution is 5.41. The molecule has 0 radical (unpaired) electrons. The van der Waals surface area contributed by atoms with Crippen LogP contribution in [0.4, 0.5) is 5.69 Å². The third-order valence-electron chi connectivity index (χ3n) is 3.59. The summed E-state index contributed by atoms with van der Waals surface area (Å²) in [7, 11) is 0. The number of hydrogen-bond acceptors (Lipinski definition) is 4. The molecular formula is C16H25NO3. The summed E-state index contributed by atoms with van der Waals surface area (Å²) in [4.78, 5) is 0. The van der Waals surface area contributed by atoms with Crippen LogP contribution in [-0.4, -0.2) is 32.0 Å². The third kappa shape index (κ3) is 5.02. The molecule has 0 aliphatic heterocycles. The van der Waals surface area contributed by atoms with Crippen LogP contribution < -0.4 is 10.5 Å². The number of nitrogen functional groups attached to an aromatic ring is 1. The largest absolute Gasteiger partial charge is 0.490 e. The topological polar surface area (TPSA) is 53.7 Å². The smallest absolute Gasteiger partial charge is 0.119 e. The maximum Gasteiger partial charge on any atom is 0.119 e. The predicted octanol–water partition coefficient (Wildman–Crippen LogP) is 3.01. The van der Waals surface area contributed by atoms with Gasteiger partial charge in [-0.15, -0.1) is 0 Å². The van der Waals surface area contributed by atoms with E-state index in [9.17, 15) is 0 Å². The minimum atomic E-state index is 0.297. The molecule has 0 bridgehead atoms. The Labute approximate surface area is 121 Å². The second-order valence-corrected chi connectivity index (χ2v) is 5.15. The lowest BCUT2D eigenvalue weighted by molar-refractivity contribution is -0.0232. The van der Waals surface area contributed by atoms with Crippen molar-refractivity contribution in [3.8, 4) is 5.75 Å². The van der Waals surface area contributed by atoms with Crippen molar-refractivity contribution in [1.82, 2.24) is 0 Å². The molecule has 1 fully saturated rings. The maximum atomic E-state index is 5.97. The molecule has 112 valence electrons. The van der Waals surface area contributed by atoms with Gasteiger partial charge in [0.15, 0.2) is 0 Å². The molecule has 1 aliphatic carbocycles. The standard InChI is InChI=1S/C16H25NO3/c1-2-18-11-12-19-14-7-9-16(10-8-14)20-15-5-3-13(17)4-6-15/h3-6,14,16H,2,7-12,17H2,1H3. The molecule has 1 aromatic rings. The van der Waals surface area contributed by atoms with E-state index >= 15 is 0 Å². The second-order valence-electron chi connectivity index (χ2n) is 5.15. The fraction of sp³-hybridized carbons (Fsp3) is 0.625. The zero-order valence-corrected chi connectivity index (χ0v) is 12.2. The number of nitrogens with two attached hydrogens (primary N) is 1. The number of rotatable bonds is 7. The van der Waals surface area contributed by atoms with Gasteiger partial charge in [-0.3, -0.25) is 0 Å². The van der Waals surface area contributed by atoms with Gasteiger partial charge in [-0.1, -0.05) is 0 Å². The molecule has 2 rings (SSSR count). The SMILES string of the molecule is CCOCCOC1CCC(Oc2ccc(N)cc2)CC1. The van der Waals surface area contributed by atoms with Crippen molar-refractivity contribution in [3.05, 3.63) is 24.3 Å². The van der Waals surface area contributed by atoms with Gasteiger partial charge in [-0.25, -0.2) is 0 Å². The molecule has 0 saturated heterocycles. The molecule has 0 amide bonds. The highest BCUT2D eigenvalue weighted by atomic mass is 16.5. The van der Waals surface area contributed by atoms with Crippen molar-refractivity contribution < 1.29 is 14.2 Å². The molecule has 1 aliphatic rings. The Kier molecular flexibility index (Phi) is 6.15. The van der Waals surface area contributed by atoms with Gasteiger partial charge in [-0.05, 0) is 56.9 Å². The average molecular weight is 279 g/mol. The zero-order chi connectivity index (χ0) is 14.2. The summed E-state index contributed by atoms with van der Waals surface area (Å²) < 4.78 is 17.0. The molecule has 20 heavy (non-hydrogen) atoms. The summed E-state index contributed by atoms with van der Waals surface area (Å²) in [5.74, 6) is 0.903. The van der Waals surface area contributed by atoms with Crippen LogP contribution in [0.1, 0.15) is 32.6 Å². The second kappa shape index (κ2) is 8.12. The lowest BCUT2D eigenvalue weighted by Crippen LogP contribution is -2.29. The first-order valence-corrected chi connectivity index (χ1v) is 7.49. The average Bonchev–Trinajstić information content (AvgIpc) is 2.48. The van der Waals surface area contributed by atoms with Gasteiger partial charge < -0.3 is 19.9 Å². The quantitative estimate of drug-likeness (QED) is 0.616. The molecule has 0 atom stereocenters. The molecule has 1 saturated carbocycles. The molecule has 4 heteroatoms. The van der Waals surface area contributed by atoms with Crippen LogP contribution in [-0.2, 0) is 9.47 Å². The van der Waals surface area contributed by atoms with E-state index in [0.29, 0.717) is 25.4 Å². The molecule has 0 heterocycles. The molecule has 0 spiro atoms. The molecule has 2 N–H and O–H groups in total. The van der Waals surface area contributed by atoms with Gasteiger partial charge in [0.1, 0.15) is 5.75 Å². The Bertz CT molecular complexity index is 372. The van der Waals surface area contributed by atoms with Crippen molar-refractivity contribution in [2.24, 2.45) is 0 Å². The summed E-state index contributed by atoms with van der Waals surface area (Å²) in [6.45, 7) is 4.14. The molecular weight excluding hydrogens is 254 g/mol. The first kappa shape index (κ1) is 15.1. The van der Waals surface area contributed by atoms with Crippen molar-refractivity contribution in [2.75, 3.05) is 25.6 Å². The summed E-state index contributed by atoms with van der Waals surface area (Å²) >= 11 is 0. The van der Waals surface area contributed by atoms with Crippen molar-refractivity contribution >= 4 is 5.69 Å². The highest BCUT2D eigenvalue weighted by Crippen LogP contribution is 2.25. The van der Waals surface area contributed by atoms with Gasteiger partial charge in [0.25, 0.3) is 0 Å².